The standard InChI is InChI=1S/C16H16FN3O2/c17-14-7-6-13(8-12(14)9-18)20-16(22)15(21)19-10-11-4-2-1-3-5-11/h1-2,6-8,11H,3-5,10H2,(H,19,21)(H,20,22). The minimum Gasteiger partial charge on any atom is -0.348 e. The molecule has 0 heterocycles. The normalized spacial score (nSPS) is 16.6. The van der Waals surface area contributed by atoms with Crippen molar-refractivity contribution in [2.24, 2.45) is 5.92 Å². The molecule has 1 aromatic rings. The predicted octanol–water partition coefficient (Wildman–Crippen LogP) is 2.11. The predicted molar refractivity (Wildman–Crippen MR) is 79.2 cm³/mol. The maximum absolute atomic E-state index is 13.2. The molecule has 22 heavy (non-hydrogen) atoms. The van der Waals surface area contributed by atoms with Gasteiger partial charge in [-0.05, 0) is 43.4 Å². The maximum Gasteiger partial charge on any atom is 0.313 e. The maximum atomic E-state index is 13.2. The summed E-state index contributed by atoms with van der Waals surface area (Å²) in [6.45, 7) is 0.448. The Bertz CT molecular complexity index is 649. The van der Waals surface area contributed by atoms with Crippen LogP contribution in [0.3, 0.4) is 0 Å². The van der Waals surface area contributed by atoms with Gasteiger partial charge in [0.1, 0.15) is 11.9 Å². The van der Waals surface area contributed by atoms with Crippen molar-refractivity contribution in [3.05, 3.63) is 41.7 Å². The van der Waals surface area contributed by atoms with E-state index < -0.39 is 17.6 Å². The van der Waals surface area contributed by atoms with Gasteiger partial charge >= 0.3 is 11.8 Å². The lowest BCUT2D eigenvalue weighted by Gasteiger charge is -2.17. The summed E-state index contributed by atoms with van der Waals surface area (Å²) in [7, 11) is 0. The summed E-state index contributed by atoms with van der Waals surface area (Å²) in [5.41, 5.74) is 0.0194. The third-order valence-electron chi connectivity index (χ3n) is 3.48. The van der Waals surface area contributed by atoms with Crippen LogP contribution in [0.25, 0.3) is 0 Å². The van der Waals surface area contributed by atoms with Crippen molar-refractivity contribution in [1.82, 2.24) is 5.32 Å². The van der Waals surface area contributed by atoms with Crippen LogP contribution in [0.15, 0.2) is 30.4 Å². The van der Waals surface area contributed by atoms with Crippen molar-refractivity contribution in [1.29, 1.82) is 5.26 Å². The molecule has 0 radical (unpaired) electrons. The molecular weight excluding hydrogens is 285 g/mol. The molecule has 0 saturated heterocycles. The van der Waals surface area contributed by atoms with E-state index in [0.29, 0.717) is 12.5 Å². The summed E-state index contributed by atoms with van der Waals surface area (Å²) in [6, 6.07) is 5.23. The number of rotatable bonds is 3. The van der Waals surface area contributed by atoms with Crippen LogP contribution in [0.1, 0.15) is 24.8 Å². The van der Waals surface area contributed by atoms with Gasteiger partial charge in [-0.25, -0.2) is 4.39 Å². The SMILES string of the molecule is N#Cc1cc(NC(=O)C(=O)NCC2CC=CCC2)ccc1F. The fourth-order valence-electron chi connectivity index (χ4n) is 2.24. The van der Waals surface area contributed by atoms with Crippen molar-refractivity contribution in [3.63, 3.8) is 0 Å². The summed E-state index contributed by atoms with van der Waals surface area (Å²) in [4.78, 5) is 23.5. The van der Waals surface area contributed by atoms with E-state index in [4.69, 9.17) is 5.26 Å². The van der Waals surface area contributed by atoms with Gasteiger partial charge in [0, 0.05) is 12.2 Å². The van der Waals surface area contributed by atoms with Gasteiger partial charge < -0.3 is 10.6 Å². The topological polar surface area (TPSA) is 82.0 Å². The Morgan fingerprint density at radius 3 is 2.82 bits per heavy atom. The lowest BCUT2D eigenvalue weighted by Crippen LogP contribution is -2.38. The fourth-order valence-corrected chi connectivity index (χ4v) is 2.24. The highest BCUT2D eigenvalue weighted by molar-refractivity contribution is 6.39. The van der Waals surface area contributed by atoms with Crippen molar-refractivity contribution in [3.8, 4) is 6.07 Å². The van der Waals surface area contributed by atoms with Crippen molar-refractivity contribution in [2.75, 3.05) is 11.9 Å². The first kappa shape index (κ1) is 15.7. The first-order valence-electron chi connectivity index (χ1n) is 7.04. The van der Waals surface area contributed by atoms with Crippen LogP contribution in [0.4, 0.5) is 10.1 Å². The number of hydrogen-bond acceptors (Lipinski definition) is 3. The molecule has 6 heteroatoms. The smallest absolute Gasteiger partial charge is 0.313 e. The Hall–Kier alpha value is -2.68. The molecule has 2 N–H and O–H groups in total. The minimum absolute atomic E-state index is 0.188. The summed E-state index contributed by atoms with van der Waals surface area (Å²) in [5, 5.41) is 13.7. The molecule has 5 nitrogen and oxygen atoms in total. The number of allylic oxidation sites excluding steroid dienone is 2. The molecule has 1 aromatic carbocycles. The van der Waals surface area contributed by atoms with E-state index in [1.807, 2.05) is 0 Å². The van der Waals surface area contributed by atoms with Crippen LogP contribution in [-0.2, 0) is 9.59 Å². The van der Waals surface area contributed by atoms with Gasteiger partial charge in [-0.15, -0.1) is 0 Å². The molecule has 2 rings (SSSR count). The Kier molecular flexibility index (Phi) is 5.26. The second kappa shape index (κ2) is 7.36. The average molecular weight is 301 g/mol. The van der Waals surface area contributed by atoms with Gasteiger partial charge in [-0.2, -0.15) is 5.26 Å². The van der Waals surface area contributed by atoms with Crippen LogP contribution >= 0.6 is 0 Å². The van der Waals surface area contributed by atoms with Gasteiger partial charge in [0.15, 0.2) is 0 Å². The van der Waals surface area contributed by atoms with Crippen molar-refractivity contribution in [2.45, 2.75) is 19.3 Å². The molecule has 1 unspecified atom stereocenters. The summed E-state index contributed by atoms with van der Waals surface area (Å²) in [6.07, 6.45) is 7.04. The van der Waals surface area contributed by atoms with E-state index in [-0.39, 0.29) is 11.3 Å². The molecular formula is C16H16FN3O2. The Morgan fingerprint density at radius 2 is 2.14 bits per heavy atom. The lowest BCUT2D eigenvalue weighted by atomic mass is 9.94. The number of hydrogen-bond donors (Lipinski definition) is 2. The number of halogens is 1. The molecule has 1 aliphatic rings. The summed E-state index contributed by atoms with van der Waals surface area (Å²) in [5.74, 6) is -1.90. The fraction of sp³-hybridized carbons (Fsp3) is 0.312. The second-order valence-electron chi connectivity index (χ2n) is 5.12. The zero-order chi connectivity index (χ0) is 15.9. The third kappa shape index (κ3) is 4.16. The van der Waals surface area contributed by atoms with Gasteiger partial charge in [-0.1, -0.05) is 12.2 Å². The van der Waals surface area contributed by atoms with Crippen LogP contribution in [0.2, 0.25) is 0 Å². The first-order valence-corrected chi connectivity index (χ1v) is 7.04. The van der Waals surface area contributed by atoms with E-state index in [0.717, 1.165) is 25.3 Å². The van der Waals surface area contributed by atoms with Crippen molar-refractivity contribution < 1.29 is 14.0 Å². The number of benzene rings is 1. The molecule has 0 aliphatic heterocycles. The van der Waals surface area contributed by atoms with Crippen LogP contribution < -0.4 is 10.6 Å². The highest BCUT2D eigenvalue weighted by Crippen LogP contribution is 2.17. The van der Waals surface area contributed by atoms with Crippen LogP contribution in [-0.4, -0.2) is 18.4 Å². The van der Waals surface area contributed by atoms with E-state index in [2.05, 4.69) is 22.8 Å². The molecule has 0 bridgehead atoms. The number of anilines is 1. The molecule has 0 fully saturated rings. The Balaban J connectivity index is 1.87. The number of nitriles is 1. The summed E-state index contributed by atoms with van der Waals surface area (Å²) < 4.78 is 13.2. The zero-order valence-corrected chi connectivity index (χ0v) is 11.9. The van der Waals surface area contributed by atoms with Crippen LogP contribution in [0, 0.1) is 23.1 Å². The monoisotopic (exact) mass is 301 g/mol. The van der Waals surface area contributed by atoms with Crippen LogP contribution in [0.5, 0.6) is 0 Å². The quantitative estimate of drug-likeness (QED) is 0.662. The number of nitrogens with one attached hydrogen (secondary N) is 2. The minimum atomic E-state index is -0.832. The lowest BCUT2D eigenvalue weighted by molar-refractivity contribution is -0.136. The van der Waals surface area contributed by atoms with Gasteiger partial charge in [0.05, 0.1) is 5.56 Å². The first-order chi connectivity index (χ1) is 10.6. The molecule has 0 spiro atoms. The number of amides is 2. The average Bonchev–Trinajstić information content (AvgIpc) is 2.55. The van der Waals surface area contributed by atoms with Crippen molar-refractivity contribution >= 4 is 17.5 Å². The van der Waals surface area contributed by atoms with E-state index in [1.165, 1.54) is 12.1 Å². The van der Waals surface area contributed by atoms with E-state index in [1.54, 1.807) is 6.07 Å². The highest BCUT2D eigenvalue weighted by Gasteiger charge is 2.17. The molecule has 0 aromatic heterocycles. The van der Waals surface area contributed by atoms with E-state index >= 15 is 0 Å². The zero-order valence-electron chi connectivity index (χ0n) is 11.9. The highest BCUT2D eigenvalue weighted by atomic mass is 19.1. The molecule has 114 valence electrons. The Morgan fingerprint density at radius 1 is 1.32 bits per heavy atom. The van der Waals surface area contributed by atoms with E-state index in [9.17, 15) is 14.0 Å². The molecule has 2 amide bonds. The summed E-state index contributed by atoms with van der Waals surface area (Å²) >= 11 is 0. The van der Waals surface area contributed by atoms with Gasteiger partial charge in [0.2, 0.25) is 0 Å². The number of nitrogens with zero attached hydrogens (tertiary/aromatic N) is 1. The number of carbonyl (C=O) groups is 2. The van der Waals surface area contributed by atoms with Gasteiger partial charge in [0.25, 0.3) is 0 Å². The second-order valence-corrected chi connectivity index (χ2v) is 5.12. The molecule has 0 saturated carbocycles. The Labute approximate surface area is 127 Å². The molecule has 1 aliphatic carbocycles. The largest absolute Gasteiger partial charge is 0.348 e. The number of carbonyl (C=O) groups excluding carboxylic acids is 2. The third-order valence-corrected chi connectivity index (χ3v) is 3.48. The molecule has 1 atom stereocenters. The van der Waals surface area contributed by atoms with Gasteiger partial charge in [-0.3, -0.25) is 9.59 Å².